The predicted molar refractivity (Wildman–Crippen MR) is 76.9 cm³/mol. The summed E-state index contributed by atoms with van der Waals surface area (Å²) in [6.45, 7) is 4.43. The van der Waals surface area contributed by atoms with Gasteiger partial charge in [-0.3, -0.25) is 4.79 Å². The van der Waals surface area contributed by atoms with Gasteiger partial charge in [-0.1, -0.05) is 19.9 Å². The Morgan fingerprint density at radius 2 is 2.16 bits per heavy atom. The highest BCUT2D eigenvalue weighted by Crippen LogP contribution is 2.26. The van der Waals surface area contributed by atoms with E-state index in [1.54, 1.807) is 12.1 Å². The van der Waals surface area contributed by atoms with Crippen LogP contribution >= 0.6 is 11.3 Å². The molecule has 3 nitrogen and oxygen atoms in total. The lowest BCUT2D eigenvalue weighted by atomic mass is 10.0. The first-order chi connectivity index (χ1) is 9.01. The fourth-order valence-electron chi connectivity index (χ4n) is 1.85. The molecule has 0 saturated carbocycles. The van der Waals surface area contributed by atoms with E-state index in [1.807, 2.05) is 13.8 Å². The second kappa shape index (κ2) is 5.67. The lowest BCUT2D eigenvalue weighted by Crippen LogP contribution is -2.43. The zero-order valence-electron chi connectivity index (χ0n) is 10.9. The first-order valence-corrected chi connectivity index (χ1v) is 7.03. The minimum atomic E-state index is -0.289. The van der Waals surface area contributed by atoms with Crippen molar-refractivity contribution < 1.29 is 9.18 Å². The first-order valence-electron chi connectivity index (χ1n) is 6.21. The van der Waals surface area contributed by atoms with Crippen LogP contribution in [0.4, 0.5) is 4.39 Å². The molecule has 19 heavy (non-hydrogen) atoms. The van der Waals surface area contributed by atoms with E-state index < -0.39 is 0 Å². The number of carbonyl (C=O) groups is 1. The highest BCUT2D eigenvalue weighted by Gasteiger charge is 2.17. The normalized spacial score (nSPS) is 12.9. The fraction of sp³-hybridized carbons (Fsp3) is 0.357. The van der Waals surface area contributed by atoms with Gasteiger partial charge in [-0.05, 0) is 29.5 Å². The van der Waals surface area contributed by atoms with Crippen molar-refractivity contribution in [1.29, 1.82) is 0 Å². The van der Waals surface area contributed by atoms with E-state index in [0.29, 0.717) is 11.4 Å². The Morgan fingerprint density at radius 3 is 2.79 bits per heavy atom. The summed E-state index contributed by atoms with van der Waals surface area (Å²) < 4.78 is 13.9. The van der Waals surface area contributed by atoms with Gasteiger partial charge in [0.25, 0.3) is 5.91 Å². The molecule has 0 bridgehead atoms. The van der Waals surface area contributed by atoms with Gasteiger partial charge in [0.15, 0.2) is 0 Å². The number of hydrogen-bond donors (Lipinski definition) is 2. The van der Waals surface area contributed by atoms with Crippen molar-refractivity contribution in [3.63, 3.8) is 0 Å². The van der Waals surface area contributed by atoms with E-state index in [0.717, 1.165) is 10.1 Å². The average Bonchev–Trinajstić information content (AvgIpc) is 2.78. The van der Waals surface area contributed by atoms with Gasteiger partial charge in [-0.25, -0.2) is 4.39 Å². The summed E-state index contributed by atoms with van der Waals surface area (Å²) in [6.07, 6.45) is 0. The zero-order valence-corrected chi connectivity index (χ0v) is 11.8. The maximum absolute atomic E-state index is 13.1. The molecule has 3 N–H and O–H groups in total. The van der Waals surface area contributed by atoms with Crippen LogP contribution in [0.5, 0.6) is 0 Å². The first kappa shape index (κ1) is 14.0. The number of benzene rings is 1. The molecule has 0 aliphatic heterocycles. The molecule has 102 valence electrons. The van der Waals surface area contributed by atoms with E-state index in [2.05, 4.69) is 5.32 Å². The van der Waals surface area contributed by atoms with Crippen LogP contribution in [0.2, 0.25) is 0 Å². The van der Waals surface area contributed by atoms with Gasteiger partial charge in [0, 0.05) is 17.3 Å². The fourth-order valence-corrected chi connectivity index (χ4v) is 2.84. The topological polar surface area (TPSA) is 55.1 Å². The zero-order chi connectivity index (χ0) is 14.0. The van der Waals surface area contributed by atoms with Crippen LogP contribution in [0.3, 0.4) is 0 Å². The summed E-state index contributed by atoms with van der Waals surface area (Å²) in [5.41, 5.74) is 5.63. The highest BCUT2D eigenvalue weighted by molar-refractivity contribution is 7.20. The molecule has 0 aliphatic rings. The molecule has 1 atom stereocenters. The number of halogens is 1. The molecule has 1 aromatic heterocycles. The largest absolute Gasteiger partial charge is 0.347 e. The molecule has 0 radical (unpaired) electrons. The quantitative estimate of drug-likeness (QED) is 0.904. The summed E-state index contributed by atoms with van der Waals surface area (Å²) in [7, 11) is 0. The Bertz CT molecular complexity index is 594. The van der Waals surface area contributed by atoms with Crippen molar-refractivity contribution in [2.45, 2.75) is 19.9 Å². The Labute approximate surface area is 115 Å². The van der Waals surface area contributed by atoms with E-state index in [4.69, 9.17) is 5.73 Å². The summed E-state index contributed by atoms with van der Waals surface area (Å²) in [4.78, 5) is 12.7. The average molecular weight is 280 g/mol. The summed E-state index contributed by atoms with van der Waals surface area (Å²) in [6, 6.07) is 6.26. The molecule has 0 spiro atoms. The van der Waals surface area contributed by atoms with Gasteiger partial charge in [-0.2, -0.15) is 0 Å². The van der Waals surface area contributed by atoms with Crippen LogP contribution in [-0.2, 0) is 0 Å². The predicted octanol–water partition coefficient (Wildman–Crippen LogP) is 2.75. The standard InChI is InChI=1S/C14H17FN2OS/c1-8(2)11(7-16)17-14(18)13-5-9-3-4-10(15)6-12(9)19-13/h3-6,8,11H,7,16H2,1-2H3,(H,17,18). The van der Waals surface area contributed by atoms with Gasteiger partial charge in [0.2, 0.25) is 0 Å². The molecule has 5 heteroatoms. The molecule has 1 unspecified atom stereocenters. The van der Waals surface area contributed by atoms with Crippen LogP contribution in [0, 0.1) is 11.7 Å². The molecular weight excluding hydrogens is 263 g/mol. The number of thiophene rings is 1. The number of nitrogens with two attached hydrogens (primary N) is 1. The Kier molecular flexibility index (Phi) is 4.17. The van der Waals surface area contributed by atoms with Gasteiger partial charge in [-0.15, -0.1) is 11.3 Å². The number of rotatable bonds is 4. The van der Waals surface area contributed by atoms with E-state index in [1.165, 1.54) is 23.5 Å². The minimum absolute atomic E-state index is 0.0468. The molecule has 0 saturated heterocycles. The molecule has 2 aromatic rings. The molecule has 0 fully saturated rings. The summed E-state index contributed by atoms with van der Waals surface area (Å²) in [5.74, 6) is -0.158. The Hall–Kier alpha value is -1.46. The molecule has 1 amide bonds. The third kappa shape index (κ3) is 3.11. The SMILES string of the molecule is CC(C)C(CN)NC(=O)c1cc2ccc(F)cc2s1. The monoisotopic (exact) mass is 280 g/mol. The maximum atomic E-state index is 13.1. The third-order valence-corrected chi connectivity index (χ3v) is 4.18. The second-order valence-corrected chi connectivity index (χ2v) is 5.94. The maximum Gasteiger partial charge on any atom is 0.261 e. The third-order valence-electron chi connectivity index (χ3n) is 3.08. The van der Waals surface area contributed by atoms with E-state index in [-0.39, 0.29) is 23.7 Å². The molecular formula is C14H17FN2OS. The molecule has 1 aromatic carbocycles. The number of nitrogens with one attached hydrogen (secondary N) is 1. The van der Waals surface area contributed by atoms with Crippen molar-refractivity contribution in [3.8, 4) is 0 Å². The van der Waals surface area contributed by atoms with Crippen molar-refractivity contribution >= 4 is 27.3 Å². The van der Waals surface area contributed by atoms with Crippen LogP contribution < -0.4 is 11.1 Å². The molecule has 1 heterocycles. The highest BCUT2D eigenvalue weighted by atomic mass is 32.1. The van der Waals surface area contributed by atoms with Crippen LogP contribution in [0.25, 0.3) is 10.1 Å². The lowest BCUT2D eigenvalue weighted by Gasteiger charge is -2.19. The summed E-state index contributed by atoms with van der Waals surface area (Å²) >= 11 is 1.29. The van der Waals surface area contributed by atoms with Gasteiger partial charge < -0.3 is 11.1 Å². The number of hydrogen-bond acceptors (Lipinski definition) is 3. The second-order valence-electron chi connectivity index (χ2n) is 4.85. The van der Waals surface area contributed by atoms with Crippen molar-refractivity contribution in [3.05, 3.63) is 35.0 Å². The van der Waals surface area contributed by atoms with Crippen LogP contribution in [0.1, 0.15) is 23.5 Å². The van der Waals surface area contributed by atoms with Crippen molar-refractivity contribution in [2.75, 3.05) is 6.54 Å². The number of carbonyl (C=O) groups excluding carboxylic acids is 1. The Balaban J connectivity index is 2.21. The van der Waals surface area contributed by atoms with E-state index in [9.17, 15) is 9.18 Å². The minimum Gasteiger partial charge on any atom is -0.347 e. The van der Waals surface area contributed by atoms with Crippen molar-refractivity contribution in [2.24, 2.45) is 11.7 Å². The van der Waals surface area contributed by atoms with Crippen LogP contribution in [0.15, 0.2) is 24.3 Å². The van der Waals surface area contributed by atoms with Crippen LogP contribution in [-0.4, -0.2) is 18.5 Å². The number of fused-ring (bicyclic) bond motifs is 1. The van der Waals surface area contributed by atoms with Crippen molar-refractivity contribution in [1.82, 2.24) is 5.32 Å². The Morgan fingerprint density at radius 1 is 1.42 bits per heavy atom. The van der Waals surface area contributed by atoms with Gasteiger partial charge in [0.1, 0.15) is 5.82 Å². The smallest absolute Gasteiger partial charge is 0.261 e. The van der Waals surface area contributed by atoms with Gasteiger partial charge in [0.05, 0.1) is 4.88 Å². The summed E-state index contributed by atoms with van der Waals surface area (Å²) in [5, 5.41) is 3.79. The lowest BCUT2D eigenvalue weighted by molar-refractivity contribution is 0.0932. The molecule has 0 aliphatic carbocycles. The van der Waals surface area contributed by atoms with Gasteiger partial charge >= 0.3 is 0 Å². The number of amides is 1. The molecule has 2 rings (SSSR count). The van der Waals surface area contributed by atoms with E-state index >= 15 is 0 Å².